The summed E-state index contributed by atoms with van der Waals surface area (Å²) in [5, 5.41) is 0. The summed E-state index contributed by atoms with van der Waals surface area (Å²) in [6.45, 7) is 0. The van der Waals surface area contributed by atoms with E-state index in [0.29, 0.717) is 0 Å². The molecular formula is C8H6N4S. The lowest BCUT2D eigenvalue weighted by Crippen LogP contribution is -1.84. The standard InChI is InChI=1S/C8H6N4S/c1-2-10-6-4-8-7(11-13-12-8)3-5(6)9-1/h1-4,11-12H. The zero-order valence-corrected chi connectivity index (χ0v) is 7.43. The molecule has 0 atom stereocenters. The Morgan fingerprint density at radius 3 is 2.00 bits per heavy atom. The lowest BCUT2D eigenvalue weighted by molar-refractivity contribution is 1.30. The lowest BCUT2D eigenvalue weighted by atomic mass is 10.2. The van der Waals surface area contributed by atoms with Gasteiger partial charge in [-0.2, -0.15) is 0 Å². The number of fused-ring (bicyclic) bond motifs is 2. The highest BCUT2D eigenvalue weighted by molar-refractivity contribution is 8.02. The topological polar surface area (TPSA) is 49.8 Å². The summed E-state index contributed by atoms with van der Waals surface area (Å²) in [5.74, 6) is 0. The predicted octanol–water partition coefficient (Wildman–Crippen LogP) is 2.03. The third-order valence-corrected chi connectivity index (χ3v) is 2.57. The van der Waals surface area contributed by atoms with Gasteiger partial charge in [-0.3, -0.25) is 9.97 Å². The fraction of sp³-hybridized carbons (Fsp3) is 0. The van der Waals surface area contributed by atoms with Crippen LogP contribution in [0.3, 0.4) is 0 Å². The Morgan fingerprint density at radius 1 is 0.923 bits per heavy atom. The summed E-state index contributed by atoms with van der Waals surface area (Å²) in [5.41, 5.74) is 3.96. The number of hydrogen-bond donors (Lipinski definition) is 2. The Bertz CT molecular complexity index is 428. The number of nitrogens with one attached hydrogen (secondary N) is 2. The Labute approximate surface area is 79.0 Å². The Kier molecular flexibility index (Phi) is 1.34. The Morgan fingerprint density at radius 2 is 1.46 bits per heavy atom. The van der Waals surface area contributed by atoms with Gasteiger partial charge in [0.05, 0.1) is 34.5 Å². The van der Waals surface area contributed by atoms with E-state index < -0.39 is 0 Å². The van der Waals surface area contributed by atoms with Crippen LogP contribution < -0.4 is 9.44 Å². The number of benzene rings is 1. The monoisotopic (exact) mass is 190 g/mol. The van der Waals surface area contributed by atoms with Crippen molar-refractivity contribution in [2.24, 2.45) is 0 Å². The summed E-state index contributed by atoms with van der Waals surface area (Å²) in [6, 6.07) is 3.98. The zero-order chi connectivity index (χ0) is 8.67. The van der Waals surface area contributed by atoms with Crippen LogP contribution in [0.15, 0.2) is 24.5 Å². The van der Waals surface area contributed by atoms with Crippen LogP contribution in [0.2, 0.25) is 0 Å². The molecule has 0 radical (unpaired) electrons. The van der Waals surface area contributed by atoms with Crippen molar-refractivity contribution in [3.63, 3.8) is 0 Å². The van der Waals surface area contributed by atoms with Gasteiger partial charge < -0.3 is 9.44 Å². The third kappa shape index (κ3) is 1.01. The number of aromatic nitrogens is 2. The maximum atomic E-state index is 4.22. The molecule has 1 aliphatic rings. The Balaban J connectivity index is 2.36. The van der Waals surface area contributed by atoms with Crippen LogP contribution in [0.25, 0.3) is 11.0 Å². The zero-order valence-electron chi connectivity index (χ0n) is 6.61. The molecular weight excluding hydrogens is 184 g/mol. The van der Waals surface area contributed by atoms with Gasteiger partial charge in [-0.15, -0.1) is 0 Å². The van der Waals surface area contributed by atoms with Crippen molar-refractivity contribution in [3.05, 3.63) is 24.5 Å². The summed E-state index contributed by atoms with van der Waals surface area (Å²) >= 11 is 1.46. The number of nitrogens with zero attached hydrogens (tertiary/aromatic N) is 2. The van der Waals surface area contributed by atoms with Gasteiger partial charge >= 0.3 is 0 Å². The third-order valence-electron chi connectivity index (χ3n) is 1.93. The molecule has 2 heterocycles. The fourth-order valence-corrected chi connectivity index (χ4v) is 1.92. The normalized spacial score (nSPS) is 13.5. The second-order valence-electron chi connectivity index (χ2n) is 2.75. The number of hydrogen-bond acceptors (Lipinski definition) is 5. The first-order valence-electron chi connectivity index (χ1n) is 3.86. The van der Waals surface area contributed by atoms with Crippen LogP contribution in [0.5, 0.6) is 0 Å². The molecule has 2 N–H and O–H groups in total. The van der Waals surface area contributed by atoms with E-state index in [4.69, 9.17) is 0 Å². The highest BCUT2D eigenvalue weighted by atomic mass is 32.2. The highest BCUT2D eigenvalue weighted by Crippen LogP contribution is 2.34. The molecule has 0 fully saturated rings. The van der Waals surface area contributed by atoms with Crippen molar-refractivity contribution in [1.82, 2.24) is 9.97 Å². The van der Waals surface area contributed by atoms with Crippen molar-refractivity contribution in [2.75, 3.05) is 9.44 Å². The summed E-state index contributed by atoms with van der Waals surface area (Å²) in [6.07, 6.45) is 3.40. The van der Waals surface area contributed by atoms with Gasteiger partial charge in [-0.05, 0) is 12.1 Å². The highest BCUT2D eigenvalue weighted by Gasteiger charge is 2.11. The van der Waals surface area contributed by atoms with Crippen molar-refractivity contribution in [3.8, 4) is 0 Å². The molecule has 4 nitrogen and oxygen atoms in total. The molecule has 1 aliphatic heterocycles. The minimum absolute atomic E-state index is 0.915. The van der Waals surface area contributed by atoms with Gasteiger partial charge in [0.15, 0.2) is 0 Å². The maximum absolute atomic E-state index is 4.22. The fourth-order valence-electron chi connectivity index (χ4n) is 1.32. The van der Waals surface area contributed by atoms with Crippen molar-refractivity contribution >= 4 is 34.5 Å². The minimum Gasteiger partial charge on any atom is -0.310 e. The van der Waals surface area contributed by atoms with Gasteiger partial charge in [0.25, 0.3) is 0 Å². The first-order valence-corrected chi connectivity index (χ1v) is 4.68. The van der Waals surface area contributed by atoms with E-state index >= 15 is 0 Å². The van der Waals surface area contributed by atoms with Crippen LogP contribution >= 0.6 is 12.1 Å². The minimum atomic E-state index is 0.915. The molecule has 0 aliphatic carbocycles. The molecule has 0 amide bonds. The Hall–Kier alpha value is -1.49. The summed E-state index contributed by atoms with van der Waals surface area (Å²) < 4.78 is 6.26. The number of rotatable bonds is 0. The van der Waals surface area contributed by atoms with E-state index in [-0.39, 0.29) is 0 Å². The van der Waals surface area contributed by atoms with Crippen molar-refractivity contribution in [1.29, 1.82) is 0 Å². The van der Waals surface area contributed by atoms with Crippen molar-refractivity contribution < 1.29 is 0 Å². The van der Waals surface area contributed by atoms with Crippen LogP contribution in [-0.2, 0) is 0 Å². The first kappa shape index (κ1) is 6.97. The molecule has 1 aromatic carbocycles. The van der Waals surface area contributed by atoms with E-state index in [9.17, 15) is 0 Å². The van der Waals surface area contributed by atoms with E-state index in [1.165, 1.54) is 12.1 Å². The number of anilines is 2. The van der Waals surface area contributed by atoms with Crippen LogP contribution in [0.4, 0.5) is 11.4 Å². The summed E-state index contributed by atoms with van der Waals surface area (Å²) in [7, 11) is 0. The van der Waals surface area contributed by atoms with Gasteiger partial charge in [-0.25, -0.2) is 0 Å². The van der Waals surface area contributed by atoms with Gasteiger partial charge in [-0.1, -0.05) is 0 Å². The molecule has 0 saturated carbocycles. The predicted molar refractivity (Wildman–Crippen MR) is 54.4 cm³/mol. The SMILES string of the molecule is c1cnc2cc3c(cc2n1)NSN3. The molecule has 0 saturated heterocycles. The molecule has 3 rings (SSSR count). The average molecular weight is 190 g/mol. The summed E-state index contributed by atoms with van der Waals surface area (Å²) in [4.78, 5) is 8.44. The first-order chi connectivity index (χ1) is 6.43. The maximum Gasteiger partial charge on any atom is 0.0909 e. The average Bonchev–Trinajstić information content (AvgIpc) is 2.61. The van der Waals surface area contributed by atoms with E-state index in [1.807, 2.05) is 12.1 Å². The molecule has 0 spiro atoms. The molecule has 2 aromatic rings. The van der Waals surface area contributed by atoms with Crippen molar-refractivity contribution in [2.45, 2.75) is 0 Å². The van der Waals surface area contributed by atoms with Crippen LogP contribution in [0.1, 0.15) is 0 Å². The smallest absolute Gasteiger partial charge is 0.0909 e. The van der Waals surface area contributed by atoms with Gasteiger partial charge in [0, 0.05) is 12.4 Å². The second-order valence-corrected chi connectivity index (χ2v) is 3.36. The van der Waals surface area contributed by atoms with E-state index in [0.717, 1.165) is 22.4 Å². The van der Waals surface area contributed by atoms with Gasteiger partial charge in [0.1, 0.15) is 0 Å². The molecule has 0 unspecified atom stereocenters. The molecule has 1 aromatic heterocycles. The molecule has 5 heteroatoms. The molecule has 0 bridgehead atoms. The second kappa shape index (κ2) is 2.50. The molecule has 13 heavy (non-hydrogen) atoms. The van der Waals surface area contributed by atoms with Crippen LogP contribution in [-0.4, -0.2) is 9.97 Å². The largest absolute Gasteiger partial charge is 0.310 e. The van der Waals surface area contributed by atoms with Gasteiger partial charge in [0.2, 0.25) is 0 Å². The van der Waals surface area contributed by atoms with E-state index in [2.05, 4.69) is 19.4 Å². The lowest BCUT2D eigenvalue weighted by Gasteiger charge is -1.99. The van der Waals surface area contributed by atoms with Crippen LogP contribution in [0, 0.1) is 0 Å². The molecule has 64 valence electrons. The van der Waals surface area contributed by atoms with E-state index in [1.54, 1.807) is 12.4 Å². The quantitative estimate of drug-likeness (QED) is 0.622.